The topological polar surface area (TPSA) is 79.7 Å². The van der Waals surface area contributed by atoms with E-state index < -0.39 is 5.91 Å². The van der Waals surface area contributed by atoms with Gasteiger partial charge in [0.1, 0.15) is 11.2 Å². The largest absolute Gasteiger partial charge is 0.455 e. The molecule has 2 aromatic carbocycles. The van der Waals surface area contributed by atoms with Crippen LogP contribution >= 0.6 is 0 Å². The Morgan fingerprint density at radius 3 is 2.54 bits per heavy atom. The molecule has 5 nitrogen and oxygen atoms in total. The third-order valence-electron chi connectivity index (χ3n) is 7.41. The average Bonchev–Trinajstić information content (AvgIpc) is 3.06. The smallest absolute Gasteiger partial charge is 0.252 e. The lowest BCUT2D eigenvalue weighted by atomic mass is 9.67. The van der Waals surface area contributed by atoms with Crippen LogP contribution in [-0.2, 0) is 0 Å². The number of nitrogens with zero attached hydrogens (tertiary/aromatic N) is 1. The fourth-order valence-corrected chi connectivity index (χ4v) is 6.20. The fraction of sp³-hybridized carbons (Fsp3) is 0.435. The molecule has 0 saturated carbocycles. The van der Waals surface area contributed by atoms with Crippen LogP contribution in [0.2, 0.25) is 0 Å². The molecule has 1 aromatic heterocycles. The molecule has 0 spiro atoms. The maximum Gasteiger partial charge on any atom is 0.252 e. The van der Waals surface area contributed by atoms with Crippen molar-refractivity contribution < 1.29 is 14.3 Å². The molecule has 0 aliphatic carbocycles. The standard InChI is InChI=1S/C23H24N2O3/c24-23(27)18-6-5-16(21-17-3-1-2-4-20(17)28-22(18)21)12-7-14-9-13-10-15(8-12)25(14)11-19(13)26/h1-6,12-15,19,26H,7-11H2,(H2,24,27). The van der Waals surface area contributed by atoms with Crippen LogP contribution < -0.4 is 5.73 Å². The summed E-state index contributed by atoms with van der Waals surface area (Å²) in [6.45, 7) is 0.831. The van der Waals surface area contributed by atoms with Gasteiger partial charge in [-0.3, -0.25) is 9.69 Å². The van der Waals surface area contributed by atoms with Gasteiger partial charge in [-0.2, -0.15) is 0 Å². The highest BCUT2D eigenvalue weighted by molar-refractivity contribution is 6.14. The van der Waals surface area contributed by atoms with Gasteiger partial charge in [-0.05, 0) is 55.2 Å². The number of fused-ring (bicyclic) bond motifs is 4. The van der Waals surface area contributed by atoms with Crippen molar-refractivity contribution in [2.75, 3.05) is 6.54 Å². The summed E-state index contributed by atoms with van der Waals surface area (Å²) >= 11 is 0. The predicted octanol–water partition coefficient (Wildman–Crippen LogP) is 3.39. The van der Waals surface area contributed by atoms with E-state index in [2.05, 4.69) is 17.0 Å². The summed E-state index contributed by atoms with van der Waals surface area (Å²) in [5, 5.41) is 12.4. The van der Waals surface area contributed by atoms with E-state index in [0.29, 0.717) is 35.1 Å². The minimum Gasteiger partial charge on any atom is -0.455 e. The maximum atomic E-state index is 12.0. The molecule has 0 radical (unpaired) electrons. The zero-order valence-corrected chi connectivity index (χ0v) is 15.7. The molecule has 4 aliphatic heterocycles. The third kappa shape index (κ3) is 2.23. The van der Waals surface area contributed by atoms with E-state index in [1.54, 1.807) is 0 Å². The van der Waals surface area contributed by atoms with Crippen LogP contribution in [0.15, 0.2) is 40.8 Å². The van der Waals surface area contributed by atoms with E-state index in [9.17, 15) is 9.90 Å². The van der Waals surface area contributed by atoms with Gasteiger partial charge in [0, 0.05) is 29.4 Å². The summed E-state index contributed by atoms with van der Waals surface area (Å²) in [5.41, 5.74) is 8.79. The van der Waals surface area contributed by atoms with Gasteiger partial charge in [0.2, 0.25) is 0 Å². The number of piperidine rings is 4. The lowest BCUT2D eigenvalue weighted by molar-refractivity contribution is -0.109. The average molecular weight is 376 g/mol. The minimum atomic E-state index is -0.450. The summed E-state index contributed by atoms with van der Waals surface area (Å²) in [6, 6.07) is 13.0. The van der Waals surface area contributed by atoms with Crippen molar-refractivity contribution in [2.24, 2.45) is 11.7 Å². The predicted molar refractivity (Wildman–Crippen MR) is 107 cm³/mol. The molecule has 3 unspecified atom stereocenters. The van der Waals surface area contributed by atoms with Gasteiger partial charge < -0.3 is 15.3 Å². The third-order valence-corrected chi connectivity index (χ3v) is 7.41. The fourth-order valence-electron chi connectivity index (χ4n) is 6.20. The lowest BCUT2D eigenvalue weighted by Crippen LogP contribution is -2.63. The van der Waals surface area contributed by atoms with Crippen molar-refractivity contribution in [3.63, 3.8) is 0 Å². The Hall–Kier alpha value is -2.37. The first-order chi connectivity index (χ1) is 13.6. The molecule has 3 aromatic rings. The van der Waals surface area contributed by atoms with Crippen molar-refractivity contribution in [1.29, 1.82) is 0 Å². The van der Waals surface area contributed by atoms with Gasteiger partial charge in [-0.25, -0.2) is 0 Å². The molecule has 28 heavy (non-hydrogen) atoms. The van der Waals surface area contributed by atoms with Gasteiger partial charge in [-0.15, -0.1) is 0 Å². The number of primary amides is 1. The highest BCUT2D eigenvalue weighted by Gasteiger charge is 2.48. The van der Waals surface area contributed by atoms with Gasteiger partial charge >= 0.3 is 0 Å². The van der Waals surface area contributed by atoms with Crippen LogP contribution in [-0.4, -0.2) is 40.6 Å². The summed E-state index contributed by atoms with van der Waals surface area (Å²) in [6.07, 6.45) is 4.25. The second-order valence-electron chi connectivity index (χ2n) is 8.84. The van der Waals surface area contributed by atoms with Crippen molar-refractivity contribution >= 4 is 27.8 Å². The van der Waals surface area contributed by atoms with Gasteiger partial charge in [0.25, 0.3) is 5.91 Å². The van der Waals surface area contributed by atoms with Crippen molar-refractivity contribution in [1.82, 2.24) is 4.90 Å². The minimum absolute atomic E-state index is 0.150. The lowest BCUT2D eigenvalue weighted by Gasteiger charge is -2.57. The summed E-state index contributed by atoms with van der Waals surface area (Å²) in [5.74, 6) is 0.453. The number of hydrogen-bond donors (Lipinski definition) is 2. The van der Waals surface area contributed by atoms with Crippen molar-refractivity contribution in [2.45, 2.75) is 49.8 Å². The molecule has 4 saturated heterocycles. The quantitative estimate of drug-likeness (QED) is 0.719. The number of carbonyl (C=O) groups is 1. The Bertz CT molecular complexity index is 1090. The molecule has 4 bridgehead atoms. The van der Waals surface area contributed by atoms with E-state index in [1.165, 1.54) is 5.56 Å². The Morgan fingerprint density at radius 1 is 1.07 bits per heavy atom. The highest BCUT2D eigenvalue weighted by atomic mass is 16.3. The van der Waals surface area contributed by atoms with Gasteiger partial charge in [0.05, 0.1) is 11.7 Å². The zero-order chi connectivity index (χ0) is 19.0. The number of aliphatic hydroxyl groups excluding tert-OH is 1. The number of rotatable bonds is 2. The molecule has 5 heterocycles. The number of para-hydroxylation sites is 1. The van der Waals surface area contributed by atoms with Crippen LogP contribution in [0.3, 0.4) is 0 Å². The van der Waals surface area contributed by atoms with Crippen molar-refractivity contribution in [3.05, 3.63) is 47.5 Å². The molecule has 144 valence electrons. The molecule has 7 rings (SSSR count). The number of benzene rings is 2. The normalized spacial score (nSPS) is 34.2. The first kappa shape index (κ1) is 16.6. The Kier molecular flexibility index (Phi) is 3.44. The molecule has 5 heteroatoms. The first-order valence-electron chi connectivity index (χ1n) is 10.3. The second-order valence-corrected chi connectivity index (χ2v) is 8.84. The van der Waals surface area contributed by atoms with E-state index >= 15 is 0 Å². The number of amides is 1. The van der Waals surface area contributed by atoms with Crippen molar-refractivity contribution in [3.8, 4) is 0 Å². The van der Waals surface area contributed by atoms with Crippen LogP contribution in [0.25, 0.3) is 21.9 Å². The number of furan rings is 1. The molecule has 1 amide bonds. The maximum absolute atomic E-state index is 12.0. The molecular formula is C23H24N2O3. The number of carbonyl (C=O) groups excluding carboxylic acids is 1. The molecule has 3 atom stereocenters. The first-order valence-corrected chi connectivity index (χ1v) is 10.3. The van der Waals surface area contributed by atoms with Gasteiger partial charge in [0.15, 0.2) is 0 Å². The van der Waals surface area contributed by atoms with E-state index in [-0.39, 0.29) is 6.10 Å². The number of aliphatic hydroxyl groups is 1. The summed E-state index contributed by atoms with van der Waals surface area (Å²) < 4.78 is 6.09. The van der Waals surface area contributed by atoms with Crippen LogP contribution in [0.4, 0.5) is 0 Å². The van der Waals surface area contributed by atoms with Gasteiger partial charge in [-0.1, -0.05) is 24.3 Å². The molecule has 4 fully saturated rings. The monoisotopic (exact) mass is 376 g/mol. The van der Waals surface area contributed by atoms with Crippen LogP contribution in [0.1, 0.15) is 47.5 Å². The molecule has 3 N–H and O–H groups in total. The highest BCUT2D eigenvalue weighted by Crippen LogP contribution is 2.49. The Morgan fingerprint density at radius 2 is 1.82 bits per heavy atom. The van der Waals surface area contributed by atoms with Crippen LogP contribution in [0.5, 0.6) is 0 Å². The summed E-state index contributed by atoms with van der Waals surface area (Å²) in [7, 11) is 0. The van der Waals surface area contributed by atoms with Crippen LogP contribution in [0, 0.1) is 5.92 Å². The summed E-state index contributed by atoms with van der Waals surface area (Å²) in [4.78, 5) is 14.5. The zero-order valence-electron chi connectivity index (χ0n) is 15.7. The Balaban J connectivity index is 1.49. The van der Waals surface area contributed by atoms with E-state index in [1.807, 2.05) is 24.3 Å². The SMILES string of the molecule is NC(=O)c1ccc(C2CC3CC4CC(C2)N3CC4O)c2c1oc1ccccc12. The van der Waals surface area contributed by atoms with E-state index in [4.69, 9.17) is 10.2 Å². The molecular weight excluding hydrogens is 352 g/mol. The Labute approximate surface area is 163 Å². The molecule has 4 aliphatic rings. The second kappa shape index (κ2) is 5.82. The number of nitrogens with two attached hydrogens (primary N) is 1. The van der Waals surface area contributed by atoms with E-state index in [0.717, 1.165) is 48.6 Å². The number of hydrogen-bond acceptors (Lipinski definition) is 4.